The second-order valence-electron chi connectivity index (χ2n) is 7.69. The first-order valence-electron chi connectivity index (χ1n) is 10.7. The van der Waals surface area contributed by atoms with Gasteiger partial charge in [0.1, 0.15) is 10.6 Å². The number of hydrogen-bond acceptors (Lipinski definition) is 5. The minimum Gasteiger partial charge on any atom is -0.497 e. The number of thiophene rings is 1. The molecule has 0 aliphatic carbocycles. The van der Waals surface area contributed by atoms with E-state index in [-0.39, 0.29) is 11.7 Å². The Balaban J connectivity index is 1.30. The van der Waals surface area contributed by atoms with Crippen LogP contribution in [0.5, 0.6) is 5.75 Å². The van der Waals surface area contributed by atoms with Gasteiger partial charge in [0, 0.05) is 22.0 Å². The monoisotopic (exact) mass is 464 g/mol. The molecule has 166 valence electrons. The molecular formula is C28H20N2O3S. The molecule has 0 spiro atoms. The van der Waals surface area contributed by atoms with Crippen molar-refractivity contribution in [1.29, 1.82) is 0 Å². The Bertz CT molecular complexity index is 1540. The molecule has 5 rings (SSSR count). The van der Waals surface area contributed by atoms with E-state index in [2.05, 4.69) is 10.3 Å². The Morgan fingerprint density at radius 2 is 1.71 bits per heavy atom. The quantitative estimate of drug-likeness (QED) is 0.227. The lowest BCUT2D eigenvalue weighted by molar-refractivity contribution is 0.102. The van der Waals surface area contributed by atoms with E-state index in [1.807, 2.05) is 60.7 Å². The van der Waals surface area contributed by atoms with E-state index in [4.69, 9.17) is 4.74 Å². The second kappa shape index (κ2) is 9.29. The number of carbonyl (C=O) groups is 2. The van der Waals surface area contributed by atoms with Crippen molar-refractivity contribution in [2.75, 3.05) is 12.4 Å². The van der Waals surface area contributed by atoms with Crippen LogP contribution in [0.25, 0.3) is 27.2 Å². The predicted octanol–water partition coefficient (Wildman–Crippen LogP) is 6.61. The summed E-state index contributed by atoms with van der Waals surface area (Å²) in [7, 11) is 1.63. The zero-order chi connectivity index (χ0) is 23.5. The van der Waals surface area contributed by atoms with Gasteiger partial charge in [0.15, 0.2) is 5.78 Å². The predicted molar refractivity (Wildman–Crippen MR) is 138 cm³/mol. The third-order valence-corrected chi connectivity index (χ3v) is 6.43. The van der Waals surface area contributed by atoms with Gasteiger partial charge in [-0.25, -0.2) is 4.98 Å². The third kappa shape index (κ3) is 4.58. The summed E-state index contributed by atoms with van der Waals surface area (Å²) in [6.07, 6.45) is 3.33. The van der Waals surface area contributed by atoms with Crippen molar-refractivity contribution in [3.8, 4) is 5.75 Å². The number of carbonyl (C=O) groups excluding carboxylic acids is 2. The molecule has 0 radical (unpaired) electrons. The van der Waals surface area contributed by atoms with Gasteiger partial charge in [-0.1, -0.05) is 36.4 Å². The molecule has 3 aromatic carbocycles. The molecule has 0 atom stereocenters. The minimum absolute atomic E-state index is 0.0963. The molecule has 1 N–H and O–H groups in total. The number of rotatable bonds is 6. The molecule has 0 saturated carbocycles. The van der Waals surface area contributed by atoms with Gasteiger partial charge in [-0.2, -0.15) is 0 Å². The number of nitrogens with zero attached hydrogens (tertiary/aromatic N) is 1. The molecule has 2 aromatic heterocycles. The molecule has 6 heteroatoms. The highest BCUT2D eigenvalue weighted by Gasteiger charge is 2.13. The lowest BCUT2D eigenvalue weighted by Crippen LogP contribution is -2.10. The highest BCUT2D eigenvalue weighted by molar-refractivity contribution is 7.20. The average Bonchev–Trinajstić information content (AvgIpc) is 3.29. The summed E-state index contributed by atoms with van der Waals surface area (Å²) in [5.41, 5.74) is 2.99. The van der Waals surface area contributed by atoms with Crippen molar-refractivity contribution >= 4 is 55.9 Å². The first-order chi connectivity index (χ1) is 16.6. The fourth-order valence-electron chi connectivity index (χ4n) is 3.59. The molecule has 0 aliphatic rings. The van der Waals surface area contributed by atoms with Crippen LogP contribution in [0.15, 0.2) is 91.0 Å². The first kappa shape index (κ1) is 21.6. The van der Waals surface area contributed by atoms with Gasteiger partial charge < -0.3 is 10.1 Å². The van der Waals surface area contributed by atoms with E-state index in [9.17, 15) is 9.59 Å². The Morgan fingerprint density at radius 3 is 2.47 bits per heavy atom. The van der Waals surface area contributed by atoms with Gasteiger partial charge in [-0.15, -0.1) is 11.3 Å². The number of aromatic nitrogens is 1. The molecule has 2 heterocycles. The number of ether oxygens (including phenoxy) is 1. The number of methoxy groups -OCH3 is 1. The van der Waals surface area contributed by atoms with Crippen LogP contribution < -0.4 is 10.1 Å². The number of fused-ring (bicyclic) bond motifs is 2. The van der Waals surface area contributed by atoms with Crippen LogP contribution >= 0.6 is 11.3 Å². The Morgan fingerprint density at radius 1 is 0.912 bits per heavy atom. The summed E-state index contributed by atoms with van der Waals surface area (Å²) in [5.74, 6) is 0.452. The Hall–Kier alpha value is -4.29. The van der Waals surface area contributed by atoms with Crippen molar-refractivity contribution in [3.05, 3.63) is 107 Å². The van der Waals surface area contributed by atoms with Crippen LogP contribution in [0.2, 0.25) is 0 Å². The summed E-state index contributed by atoms with van der Waals surface area (Å²) in [5, 5.41) is 4.76. The lowest BCUT2D eigenvalue weighted by Gasteiger charge is -2.04. The summed E-state index contributed by atoms with van der Waals surface area (Å²) in [6.45, 7) is 0. The number of benzene rings is 3. The minimum atomic E-state index is -0.215. The largest absolute Gasteiger partial charge is 0.497 e. The van der Waals surface area contributed by atoms with Crippen molar-refractivity contribution < 1.29 is 14.3 Å². The number of nitrogens with one attached hydrogen (secondary N) is 1. The maximum Gasteiger partial charge on any atom is 0.265 e. The topological polar surface area (TPSA) is 68.3 Å². The summed E-state index contributed by atoms with van der Waals surface area (Å²) < 4.78 is 5.29. The number of anilines is 1. The number of amides is 1. The maximum absolute atomic E-state index is 12.8. The van der Waals surface area contributed by atoms with E-state index in [1.165, 1.54) is 11.3 Å². The second-order valence-corrected chi connectivity index (χ2v) is 8.72. The third-order valence-electron chi connectivity index (χ3n) is 5.39. The zero-order valence-electron chi connectivity index (χ0n) is 18.3. The van der Waals surface area contributed by atoms with Crippen LogP contribution in [-0.2, 0) is 0 Å². The van der Waals surface area contributed by atoms with Crippen LogP contribution in [0.1, 0.15) is 25.6 Å². The molecule has 34 heavy (non-hydrogen) atoms. The van der Waals surface area contributed by atoms with Gasteiger partial charge >= 0.3 is 0 Å². The van der Waals surface area contributed by atoms with Crippen molar-refractivity contribution in [3.63, 3.8) is 0 Å². The van der Waals surface area contributed by atoms with E-state index < -0.39 is 0 Å². The Labute approximate surface area is 200 Å². The van der Waals surface area contributed by atoms with Gasteiger partial charge in [-0.3, -0.25) is 9.59 Å². The van der Waals surface area contributed by atoms with E-state index in [1.54, 1.807) is 43.5 Å². The van der Waals surface area contributed by atoms with Crippen LogP contribution in [0, 0.1) is 0 Å². The number of hydrogen-bond donors (Lipinski definition) is 1. The van der Waals surface area contributed by atoms with Gasteiger partial charge in [0.05, 0.1) is 17.5 Å². The molecular weight excluding hydrogens is 444 g/mol. The zero-order valence-corrected chi connectivity index (χ0v) is 19.1. The molecule has 0 aliphatic heterocycles. The van der Waals surface area contributed by atoms with E-state index in [0.29, 0.717) is 16.1 Å². The normalized spacial score (nSPS) is 11.2. The van der Waals surface area contributed by atoms with Crippen LogP contribution in [-0.4, -0.2) is 23.8 Å². The van der Waals surface area contributed by atoms with Gasteiger partial charge in [0.2, 0.25) is 0 Å². The summed E-state index contributed by atoms with van der Waals surface area (Å²) in [4.78, 5) is 31.3. The van der Waals surface area contributed by atoms with Crippen molar-refractivity contribution in [1.82, 2.24) is 4.98 Å². The Kier molecular flexibility index (Phi) is 5.89. The standard InChI is InChI=1S/C28H20N2O3S/c1-33-23-12-13-24-20(16-23)15-21-17-26(34-28(21)30-24)27(32)29-22-10-8-19(9-11-22)25(31)14-7-18-5-3-2-4-6-18/h2-17H,1H3,(H,29,32)/b14-7+. The van der Waals surface area contributed by atoms with Gasteiger partial charge in [-0.05, 0) is 66.2 Å². The fraction of sp³-hybridized carbons (Fsp3) is 0.0357. The SMILES string of the molecule is COc1ccc2nc3sc(C(=O)Nc4ccc(C(=O)/C=C/c5ccccc5)cc4)cc3cc2c1. The molecule has 1 amide bonds. The molecule has 0 fully saturated rings. The highest BCUT2D eigenvalue weighted by atomic mass is 32.1. The molecule has 0 saturated heterocycles. The van der Waals surface area contributed by atoms with Crippen LogP contribution in [0.3, 0.4) is 0 Å². The smallest absolute Gasteiger partial charge is 0.265 e. The molecule has 5 aromatic rings. The van der Waals surface area contributed by atoms with E-state index in [0.717, 1.165) is 32.4 Å². The average molecular weight is 465 g/mol. The maximum atomic E-state index is 12.8. The fourth-order valence-corrected chi connectivity index (χ4v) is 4.51. The van der Waals surface area contributed by atoms with Crippen molar-refractivity contribution in [2.45, 2.75) is 0 Å². The number of allylic oxidation sites excluding steroid dienone is 1. The molecule has 0 bridgehead atoms. The van der Waals surface area contributed by atoms with Crippen LogP contribution in [0.4, 0.5) is 5.69 Å². The number of ketones is 1. The summed E-state index contributed by atoms with van der Waals surface area (Å²) in [6, 6.07) is 26.1. The summed E-state index contributed by atoms with van der Waals surface area (Å²) >= 11 is 1.34. The number of pyridine rings is 1. The lowest BCUT2D eigenvalue weighted by atomic mass is 10.1. The highest BCUT2D eigenvalue weighted by Crippen LogP contribution is 2.29. The molecule has 0 unspecified atom stereocenters. The molecule has 5 nitrogen and oxygen atoms in total. The van der Waals surface area contributed by atoms with E-state index >= 15 is 0 Å². The van der Waals surface area contributed by atoms with Crippen molar-refractivity contribution in [2.24, 2.45) is 0 Å². The first-order valence-corrected chi connectivity index (χ1v) is 11.5. The van der Waals surface area contributed by atoms with Gasteiger partial charge in [0.25, 0.3) is 5.91 Å².